The zero-order valence-electron chi connectivity index (χ0n) is 16.0. The van der Waals surface area contributed by atoms with E-state index in [9.17, 15) is 9.59 Å². The molecule has 1 aliphatic heterocycles. The molecule has 0 unspecified atom stereocenters. The van der Waals surface area contributed by atoms with Gasteiger partial charge in [-0.1, -0.05) is 48.5 Å². The first kappa shape index (κ1) is 18.7. The second kappa shape index (κ2) is 8.61. The zero-order valence-corrected chi connectivity index (χ0v) is 16.0. The van der Waals surface area contributed by atoms with Crippen LogP contribution in [0.3, 0.4) is 0 Å². The summed E-state index contributed by atoms with van der Waals surface area (Å²) >= 11 is 0. The summed E-state index contributed by atoms with van der Waals surface area (Å²) in [5.41, 5.74) is 1.68. The number of carbonyl (C=O) groups excluding carboxylic acids is 2. The molecule has 1 fully saturated rings. The Morgan fingerprint density at radius 3 is 2.07 bits per heavy atom. The Morgan fingerprint density at radius 2 is 1.38 bits per heavy atom. The van der Waals surface area contributed by atoms with Crippen LogP contribution in [0.15, 0.2) is 83.3 Å². The van der Waals surface area contributed by atoms with Crippen molar-refractivity contribution in [3.8, 4) is 11.3 Å². The number of hydrogen-bond acceptors (Lipinski definition) is 3. The van der Waals surface area contributed by atoms with Crippen LogP contribution in [0, 0.1) is 0 Å². The highest BCUT2D eigenvalue weighted by Crippen LogP contribution is 2.22. The van der Waals surface area contributed by atoms with Crippen molar-refractivity contribution in [2.45, 2.75) is 0 Å². The quantitative estimate of drug-likeness (QED) is 0.638. The van der Waals surface area contributed by atoms with Gasteiger partial charge in [-0.15, -0.1) is 0 Å². The normalized spacial score (nSPS) is 14.3. The summed E-state index contributed by atoms with van der Waals surface area (Å²) in [5.74, 6) is 1.34. The highest BCUT2D eigenvalue weighted by Gasteiger charge is 2.23. The van der Waals surface area contributed by atoms with Gasteiger partial charge in [-0.3, -0.25) is 9.59 Å². The Bertz CT molecular complexity index is 1000. The molecular weight excluding hydrogens is 364 g/mol. The maximum atomic E-state index is 12.5. The summed E-state index contributed by atoms with van der Waals surface area (Å²) in [4.78, 5) is 28.5. The van der Waals surface area contributed by atoms with E-state index in [2.05, 4.69) is 0 Å². The van der Waals surface area contributed by atoms with Gasteiger partial charge in [0.25, 0.3) is 5.91 Å². The lowest BCUT2D eigenvalue weighted by Gasteiger charge is -2.34. The molecule has 3 aromatic rings. The number of nitrogens with zero attached hydrogens (tertiary/aromatic N) is 2. The van der Waals surface area contributed by atoms with Gasteiger partial charge in [-0.05, 0) is 30.3 Å². The van der Waals surface area contributed by atoms with Crippen molar-refractivity contribution in [3.05, 3.63) is 90.2 Å². The van der Waals surface area contributed by atoms with Crippen molar-refractivity contribution in [2.75, 3.05) is 26.2 Å². The van der Waals surface area contributed by atoms with E-state index in [4.69, 9.17) is 4.42 Å². The number of piperazine rings is 1. The molecule has 2 amide bonds. The van der Waals surface area contributed by atoms with Crippen LogP contribution in [-0.2, 0) is 4.79 Å². The molecule has 0 N–H and O–H groups in total. The summed E-state index contributed by atoms with van der Waals surface area (Å²) in [7, 11) is 0. The molecule has 0 saturated carbocycles. The third kappa shape index (κ3) is 4.46. The third-order valence-corrected chi connectivity index (χ3v) is 4.97. The molecule has 2 heterocycles. The van der Waals surface area contributed by atoms with Gasteiger partial charge >= 0.3 is 0 Å². The maximum absolute atomic E-state index is 12.5. The third-order valence-electron chi connectivity index (χ3n) is 4.97. The Balaban J connectivity index is 1.32. The van der Waals surface area contributed by atoms with Crippen LogP contribution in [0.4, 0.5) is 0 Å². The monoisotopic (exact) mass is 386 g/mol. The minimum atomic E-state index is -0.0746. The molecule has 0 aliphatic carbocycles. The van der Waals surface area contributed by atoms with Crippen LogP contribution < -0.4 is 0 Å². The zero-order chi connectivity index (χ0) is 20.1. The molecule has 5 heteroatoms. The molecule has 1 aliphatic rings. The Hall–Kier alpha value is -3.60. The van der Waals surface area contributed by atoms with Crippen LogP contribution in [0.5, 0.6) is 0 Å². The average Bonchev–Trinajstić information content (AvgIpc) is 3.27. The van der Waals surface area contributed by atoms with Gasteiger partial charge in [0.1, 0.15) is 11.5 Å². The predicted octanol–water partition coefficient (Wildman–Crippen LogP) is 3.94. The van der Waals surface area contributed by atoms with Crippen molar-refractivity contribution < 1.29 is 14.0 Å². The fourth-order valence-electron chi connectivity index (χ4n) is 3.35. The van der Waals surface area contributed by atoms with Gasteiger partial charge in [0.2, 0.25) is 5.91 Å². The van der Waals surface area contributed by atoms with E-state index in [1.165, 1.54) is 6.08 Å². The molecule has 0 spiro atoms. The van der Waals surface area contributed by atoms with Gasteiger partial charge in [-0.25, -0.2) is 0 Å². The molecule has 146 valence electrons. The van der Waals surface area contributed by atoms with Gasteiger partial charge in [0, 0.05) is 43.4 Å². The second-order valence-electron chi connectivity index (χ2n) is 6.88. The van der Waals surface area contributed by atoms with E-state index in [0.29, 0.717) is 37.5 Å². The van der Waals surface area contributed by atoms with Crippen molar-refractivity contribution in [1.29, 1.82) is 0 Å². The van der Waals surface area contributed by atoms with Crippen LogP contribution in [-0.4, -0.2) is 47.8 Å². The summed E-state index contributed by atoms with van der Waals surface area (Å²) in [5, 5.41) is 0. The van der Waals surface area contributed by atoms with Crippen molar-refractivity contribution >= 4 is 17.9 Å². The van der Waals surface area contributed by atoms with Crippen molar-refractivity contribution in [2.24, 2.45) is 0 Å². The number of amides is 2. The number of hydrogen-bond donors (Lipinski definition) is 0. The summed E-state index contributed by atoms with van der Waals surface area (Å²) < 4.78 is 5.79. The molecule has 1 saturated heterocycles. The fourth-order valence-corrected chi connectivity index (χ4v) is 3.35. The molecule has 5 nitrogen and oxygen atoms in total. The first-order chi connectivity index (χ1) is 14.2. The molecule has 2 aromatic carbocycles. The standard InChI is InChI=1S/C24H22N2O3/c27-23(14-12-21-11-13-22(29-21)19-7-3-1-4-8-19)25-15-17-26(18-16-25)24(28)20-9-5-2-6-10-20/h1-14H,15-18H2/b14-12+. The number of benzene rings is 2. The van der Waals surface area contributed by atoms with Crippen LogP contribution >= 0.6 is 0 Å². The maximum Gasteiger partial charge on any atom is 0.253 e. The lowest BCUT2D eigenvalue weighted by atomic mass is 10.2. The van der Waals surface area contributed by atoms with E-state index < -0.39 is 0 Å². The first-order valence-electron chi connectivity index (χ1n) is 9.67. The molecule has 0 atom stereocenters. The van der Waals surface area contributed by atoms with Crippen LogP contribution in [0.25, 0.3) is 17.4 Å². The minimum absolute atomic E-state index is 0.0114. The van der Waals surface area contributed by atoms with E-state index in [1.807, 2.05) is 72.8 Å². The SMILES string of the molecule is O=C(/C=C/c1ccc(-c2ccccc2)o1)N1CCN(C(=O)c2ccccc2)CC1. The summed E-state index contributed by atoms with van der Waals surface area (Å²) in [6, 6.07) is 22.8. The molecule has 4 rings (SSSR count). The van der Waals surface area contributed by atoms with Crippen LogP contribution in [0.1, 0.15) is 16.1 Å². The minimum Gasteiger partial charge on any atom is -0.457 e. The van der Waals surface area contributed by atoms with Crippen molar-refractivity contribution in [1.82, 2.24) is 9.80 Å². The number of rotatable bonds is 4. The molecule has 29 heavy (non-hydrogen) atoms. The van der Waals surface area contributed by atoms with Gasteiger partial charge in [-0.2, -0.15) is 0 Å². The fraction of sp³-hybridized carbons (Fsp3) is 0.167. The number of furan rings is 1. The number of carbonyl (C=O) groups is 2. The van der Waals surface area contributed by atoms with E-state index in [1.54, 1.807) is 15.9 Å². The topological polar surface area (TPSA) is 53.8 Å². The summed E-state index contributed by atoms with van der Waals surface area (Å²) in [6.07, 6.45) is 3.22. The molecular formula is C24H22N2O3. The van der Waals surface area contributed by atoms with Crippen molar-refractivity contribution in [3.63, 3.8) is 0 Å². The Labute approximate surface area is 169 Å². The van der Waals surface area contributed by atoms with Crippen LogP contribution in [0.2, 0.25) is 0 Å². The van der Waals surface area contributed by atoms with E-state index in [-0.39, 0.29) is 11.8 Å². The van der Waals surface area contributed by atoms with E-state index in [0.717, 1.165) is 11.3 Å². The average molecular weight is 386 g/mol. The molecule has 1 aromatic heterocycles. The highest BCUT2D eigenvalue weighted by atomic mass is 16.3. The molecule has 0 bridgehead atoms. The van der Waals surface area contributed by atoms with Gasteiger partial charge < -0.3 is 14.2 Å². The second-order valence-corrected chi connectivity index (χ2v) is 6.88. The predicted molar refractivity (Wildman–Crippen MR) is 112 cm³/mol. The molecule has 0 radical (unpaired) electrons. The Morgan fingerprint density at radius 1 is 0.759 bits per heavy atom. The van der Waals surface area contributed by atoms with Gasteiger partial charge in [0.05, 0.1) is 0 Å². The smallest absolute Gasteiger partial charge is 0.253 e. The summed E-state index contributed by atoms with van der Waals surface area (Å²) in [6.45, 7) is 2.11. The van der Waals surface area contributed by atoms with Gasteiger partial charge in [0.15, 0.2) is 0 Å². The van der Waals surface area contributed by atoms with E-state index >= 15 is 0 Å². The largest absolute Gasteiger partial charge is 0.457 e. The Kier molecular flexibility index (Phi) is 5.56. The first-order valence-corrected chi connectivity index (χ1v) is 9.67. The lowest BCUT2D eigenvalue weighted by molar-refractivity contribution is -0.127. The lowest BCUT2D eigenvalue weighted by Crippen LogP contribution is -2.50. The highest BCUT2D eigenvalue weighted by molar-refractivity contribution is 5.95.